The van der Waals surface area contributed by atoms with Crippen LogP contribution in [0.2, 0.25) is 0 Å². The predicted molar refractivity (Wildman–Crippen MR) is 96.4 cm³/mol. The monoisotopic (exact) mass is 338 g/mol. The third kappa shape index (κ3) is 4.13. The maximum absolute atomic E-state index is 5.38. The van der Waals surface area contributed by atoms with Gasteiger partial charge in [-0.1, -0.05) is 18.2 Å². The fraction of sp³-hybridized carbons (Fsp3) is 0.471. The Kier molecular flexibility index (Phi) is 6.50. The molecule has 5 heteroatoms. The molecule has 0 N–H and O–H groups in total. The van der Waals surface area contributed by atoms with Crippen LogP contribution in [0.5, 0.6) is 0 Å². The Morgan fingerprint density at radius 2 is 1.95 bits per heavy atom. The lowest BCUT2D eigenvalue weighted by Crippen LogP contribution is -2.37. The largest absolute Gasteiger partial charge is 0.379 e. The summed E-state index contributed by atoms with van der Waals surface area (Å²) in [5.41, 5.74) is 3.67. The number of halogens is 1. The first-order chi connectivity index (χ1) is 10.2. The molecule has 22 heavy (non-hydrogen) atoms. The summed E-state index contributed by atoms with van der Waals surface area (Å²) >= 11 is 1.87. The molecule has 1 aliphatic rings. The van der Waals surface area contributed by atoms with Crippen molar-refractivity contribution in [2.24, 2.45) is 0 Å². The molecule has 0 unspecified atom stereocenters. The van der Waals surface area contributed by atoms with E-state index in [9.17, 15) is 0 Å². The van der Waals surface area contributed by atoms with E-state index in [1.807, 2.05) is 11.8 Å². The van der Waals surface area contributed by atoms with Crippen molar-refractivity contribution >= 4 is 35.1 Å². The van der Waals surface area contributed by atoms with E-state index in [0.717, 1.165) is 44.1 Å². The highest BCUT2D eigenvalue weighted by molar-refractivity contribution is 7.99. The lowest BCUT2D eigenvalue weighted by Gasteiger charge is -2.26. The van der Waals surface area contributed by atoms with Crippen molar-refractivity contribution in [1.29, 1.82) is 0 Å². The molecule has 0 aliphatic carbocycles. The summed E-state index contributed by atoms with van der Waals surface area (Å²) in [5, 5.41) is 2.41. The van der Waals surface area contributed by atoms with Crippen LogP contribution in [0.15, 0.2) is 29.3 Å². The lowest BCUT2D eigenvalue weighted by molar-refractivity contribution is 0.0410. The van der Waals surface area contributed by atoms with Crippen LogP contribution in [0.3, 0.4) is 0 Å². The average molecular weight is 339 g/mol. The number of nitrogens with zero attached hydrogens (tertiary/aromatic N) is 2. The van der Waals surface area contributed by atoms with Crippen molar-refractivity contribution in [3.8, 4) is 0 Å². The number of hydrogen-bond donors (Lipinski definition) is 0. The zero-order chi connectivity index (χ0) is 14.7. The van der Waals surface area contributed by atoms with Gasteiger partial charge in [0.1, 0.15) is 0 Å². The number of rotatable bonds is 4. The van der Waals surface area contributed by atoms with E-state index in [-0.39, 0.29) is 12.4 Å². The van der Waals surface area contributed by atoms with Crippen molar-refractivity contribution in [2.75, 3.05) is 38.6 Å². The number of hydrogen-bond acceptors (Lipinski definition) is 4. The normalized spacial score (nSPS) is 15.7. The Bertz CT molecular complexity index is 629. The first-order valence-electron chi connectivity index (χ1n) is 7.54. The van der Waals surface area contributed by atoms with Crippen molar-refractivity contribution in [3.63, 3.8) is 0 Å². The van der Waals surface area contributed by atoms with Crippen LogP contribution in [0, 0.1) is 13.8 Å². The van der Waals surface area contributed by atoms with Gasteiger partial charge in [0.15, 0.2) is 0 Å². The Morgan fingerprint density at radius 1 is 1.18 bits per heavy atom. The number of fused-ring (bicyclic) bond motifs is 1. The molecule has 0 spiro atoms. The molecule has 1 saturated heterocycles. The second-order valence-corrected chi connectivity index (χ2v) is 6.64. The van der Waals surface area contributed by atoms with Crippen molar-refractivity contribution in [3.05, 3.63) is 35.4 Å². The van der Waals surface area contributed by atoms with Gasteiger partial charge in [-0.15, -0.1) is 24.2 Å². The Hall–Kier alpha value is -0.810. The third-order valence-corrected chi connectivity index (χ3v) is 5.02. The number of ether oxygens (including phenoxy) is 1. The minimum atomic E-state index is 0. The highest BCUT2D eigenvalue weighted by atomic mass is 35.5. The Morgan fingerprint density at radius 3 is 2.73 bits per heavy atom. The van der Waals surface area contributed by atoms with Gasteiger partial charge in [-0.05, 0) is 31.0 Å². The van der Waals surface area contributed by atoms with Crippen LogP contribution >= 0.6 is 24.2 Å². The van der Waals surface area contributed by atoms with E-state index in [0.29, 0.717) is 0 Å². The average Bonchev–Trinajstić information content (AvgIpc) is 2.50. The molecule has 0 radical (unpaired) electrons. The van der Waals surface area contributed by atoms with Crippen LogP contribution in [0.1, 0.15) is 11.1 Å². The molecule has 3 nitrogen and oxygen atoms in total. The topological polar surface area (TPSA) is 25.4 Å². The molecule has 1 aromatic carbocycles. The SMILES string of the molecule is Cc1cc2cccc(C)c2nc1SCCN1CCOCC1.Cl. The molecule has 1 aliphatic heterocycles. The number of pyridine rings is 1. The quantitative estimate of drug-likeness (QED) is 0.794. The minimum absolute atomic E-state index is 0. The minimum Gasteiger partial charge on any atom is -0.379 e. The van der Waals surface area contributed by atoms with Gasteiger partial charge in [0.2, 0.25) is 0 Å². The van der Waals surface area contributed by atoms with E-state index in [1.165, 1.54) is 21.5 Å². The van der Waals surface area contributed by atoms with Gasteiger partial charge in [0, 0.05) is 30.8 Å². The molecule has 120 valence electrons. The third-order valence-electron chi connectivity index (χ3n) is 3.94. The molecule has 0 atom stereocenters. The maximum atomic E-state index is 5.38. The summed E-state index contributed by atoms with van der Waals surface area (Å²) in [7, 11) is 0. The smallest absolute Gasteiger partial charge is 0.0997 e. The van der Waals surface area contributed by atoms with Gasteiger partial charge in [-0.2, -0.15) is 0 Å². The highest BCUT2D eigenvalue weighted by Crippen LogP contribution is 2.26. The lowest BCUT2D eigenvalue weighted by atomic mass is 10.1. The zero-order valence-corrected chi connectivity index (χ0v) is 14.8. The number of aromatic nitrogens is 1. The van der Waals surface area contributed by atoms with Gasteiger partial charge >= 0.3 is 0 Å². The fourth-order valence-corrected chi connectivity index (χ4v) is 3.66. The van der Waals surface area contributed by atoms with Gasteiger partial charge in [0.05, 0.1) is 23.8 Å². The van der Waals surface area contributed by atoms with Crippen LogP contribution in [0.4, 0.5) is 0 Å². The number of morpholine rings is 1. The molecule has 2 aromatic rings. The predicted octanol–water partition coefficient (Wildman–Crippen LogP) is 3.70. The number of thioether (sulfide) groups is 1. The molecule has 0 saturated carbocycles. The molecular weight excluding hydrogens is 316 g/mol. The number of benzene rings is 1. The molecule has 0 bridgehead atoms. The summed E-state index contributed by atoms with van der Waals surface area (Å²) in [6.07, 6.45) is 0. The summed E-state index contributed by atoms with van der Waals surface area (Å²) < 4.78 is 5.38. The molecule has 0 amide bonds. The Labute approximate surface area is 142 Å². The van der Waals surface area contributed by atoms with Crippen LogP contribution in [-0.2, 0) is 4.74 Å². The number of aryl methyl sites for hydroxylation is 2. The highest BCUT2D eigenvalue weighted by Gasteiger charge is 2.11. The second kappa shape index (κ2) is 8.16. The molecule has 3 rings (SSSR count). The molecule has 1 aromatic heterocycles. The molecule has 1 fully saturated rings. The van der Waals surface area contributed by atoms with Gasteiger partial charge in [0.25, 0.3) is 0 Å². The van der Waals surface area contributed by atoms with Crippen LogP contribution < -0.4 is 0 Å². The van der Waals surface area contributed by atoms with Crippen LogP contribution in [-0.4, -0.2) is 48.5 Å². The summed E-state index contributed by atoms with van der Waals surface area (Å²) in [6, 6.07) is 8.63. The van der Waals surface area contributed by atoms with E-state index in [2.05, 4.69) is 43.0 Å². The zero-order valence-electron chi connectivity index (χ0n) is 13.2. The molecular formula is C17H23ClN2OS. The van der Waals surface area contributed by atoms with E-state index in [4.69, 9.17) is 9.72 Å². The summed E-state index contributed by atoms with van der Waals surface area (Å²) in [5.74, 6) is 1.09. The van der Waals surface area contributed by atoms with E-state index < -0.39 is 0 Å². The summed E-state index contributed by atoms with van der Waals surface area (Å²) in [6.45, 7) is 9.27. The molecule has 2 heterocycles. The van der Waals surface area contributed by atoms with Gasteiger partial charge in [-0.25, -0.2) is 4.98 Å². The van der Waals surface area contributed by atoms with Crippen molar-refractivity contribution in [2.45, 2.75) is 18.9 Å². The van der Waals surface area contributed by atoms with Crippen molar-refractivity contribution in [1.82, 2.24) is 9.88 Å². The number of para-hydroxylation sites is 1. The first kappa shape index (κ1) is 17.5. The Balaban J connectivity index is 0.00000176. The first-order valence-corrected chi connectivity index (χ1v) is 8.52. The second-order valence-electron chi connectivity index (χ2n) is 5.56. The van der Waals surface area contributed by atoms with E-state index >= 15 is 0 Å². The van der Waals surface area contributed by atoms with Crippen molar-refractivity contribution < 1.29 is 4.74 Å². The summed E-state index contributed by atoms with van der Waals surface area (Å²) in [4.78, 5) is 7.35. The van der Waals surface area contributed by atoms with Crippen LogP contribution in [0.25, 0.3) is 10.9 Å². The van der Waals surface area contributed by atoms with Gasteiger partial charge < -0.3 is 4.74 Å². The van der Waals surface area contributed by atoms with Gasteiger partial charge in [-0.3, -0.25) is 4.90 Å². The maximum Gasteiger partial charge on any atom is 0.0997 e. The van der Waals surface area contributed by atoms with E-state index in [1.54, 1.807) is 0 Å². The standard InChI is InChI=1S/C17H22N2OS.ClH/c1-13-4-3-5-15-12-14(2)17(18-16(13)15)21-11-8-19-6-9-20-10-7-19;/h3-5,12H,6-11H2,1-2H3;1H. The fourth-order valence-electron chi connectivity index (χ4n) is 2.68.